The van der Waals surface area contributed by atoms with Crippen LogP contribution < -0.4 is 5.32 Å². The number of likely N-dealkylation sites (tertiary alicyclic amines) is 1. The van der Waals surface area contributed by atoms with E-state index in [1.165, 1.54) is 11.1 Å². The number of rotatable bonds is 2. The van der Waals surface area contributed by atoms with E-state index in [9.17, 15) is 9.59 Å². The summed E-state index contributed by atoms with van der Waals surface area (Å²) in [6.07, 6.45) is 1.96. The molecule has 1 aromatic heterocycles. The Morgan fingerprint density at radius 2 is 2.44 bits per heavy atom. The fourth-order valence-electron chi connectivity index (χ4n) is 1.55. The third kappa shape index (κ3) is 2.27. The molecule has 1 fully saturated rings. The first kappa shape index (κ1) is 10.8. The second kappa shape index (κ2) is 4.44. The minimum atomic E-state index is -0.852. The van der Waals surface area contributed by atoms with Gasteiger partial charge in [-0.3, -0.25) is 10.1 Å². The third-order valence-electron chi connectivity index (χ3n) is 2.42. The van der Waals surface area contributed by atoms with Gasteiger partial charge < -0.3 is 10.0 Å². The zero-order chi connectivity index (χ0) is 11.5. The fourth-order valence-corrected chi connectivity index (χ4v) is 1.96. The number of urea groups is 1. The van der Waals surface area contributed by atoms with Crippen molar-refractivity contribution in [3.63, 3.8) is 0 Å². The minimum Gasteiger partial charge on any atom is -0.481 e. The molecule has 0 aromatic carbocycles. The van der Waals surface area contributed by atoms with Gasteiger partial charge in [0.25, 0.3) is 0 Å². The lowest BCUT2D eigenvalue weighted by atomic mass is 10.1. The van der Waals surface area contributed by atoms with Crippen molar-refractivity contribution < 1.29 is 14.7 Å². The Labute approximate surface area is 95.2 Å². The van der Waals surface area contributed by atoms with Gasteiger partial charge in [-0.2, -0.15) is 0 Å². The molecule has 7 nitrogen and oxygen atoms in total. The van der Waals surface area contributed by atoms with Gasteiger partial charge >= 0.3 is 12.0 Å². The maximum atomic E-state index is 11.7. The summed E-state index contributed by atoms with van der Waals surface area (Å²) in [5.74, 6) is -1.31. The fraction of sp³-hybridized carbons (Fsp3) is 0.500. The lowest BCUT2D eigenvalue weighted by Crippen LogP contribution is -2.33. The van der Waals surface area contributed by atoms with Crippen LogP contribution in [0.25, 0.3) is 0 Å². The second-order valence-corrected chi connectivity index (χ2v) is 4.27. The zero-order valence-corrected chi connectivity index (χ0v) is 9.11. The number of aliphatic carboxylic acids is 1. The van der Waals surface area contributed by atoms with Gasteiger partial charge in [-0.1, -0.05) is 4.49 Å². The number of carboxylic acids is 1. The summed E-state index contributed by atoms with van der Waals surface area (Å²) < 4.78 is 3.61. The van der Waals surface area contributed by atoms with Crippen molar-refractivity contribution in [1.82, 2.24) is 14.5 Å². The Morgan fingerprint density at radius 1 is 1.62 bits per heavy atom. The van der Waals surface area contributed by atoms with Gasteiger partial charge in [0.15, 0.2) is 0 Å². The van der Waals surface area contributed by atoms with E-state index in [4.69, 9.17) is 5.11 Å². The van der Waals surface area contributed by atoms with Crippen LogP contribution in [0.3, 0.4) is 0 Å². The van der Waals surface area contributed by atoms with Crippen molar-refractivity contribution in [2.75, 3.05) is 18.4 Å². The van der Waals surface area contributed by atoms with Crippen molar-refractivity contribution in [3.05, 3.63) is 6.20 Å². The molecule has 16 heavy (non-hydrogen) atoms. The monoisotopic (exact) mass is 242 g/mol. The highest BCUT2D eigenvalue weighted by Gasteiger charge is 2.30. The van der Waals surface area contributed by atoms with Crippen LogP contribution in [0.2, 0.25) is 0 Å². The molecule has 8 heteroatoms. The van der Waals surface area contributed by atoms with E-state index in [0.717, 1.165) is 11.5 Å². The zero-order valence-electron chi connectivity index (χ0n) is 8.29. The standard InChI is InChI=1S/C8H10N4O3S/c13-7(14)5-1-2-12(4-5)8(15)10-6-3-9-11-16-6/h3,5H,1-2,4H2,(H,10,15)(H,13,14). The average molecular weight is 242 g/mol. The summed E-state index contributed by atoms with van der Waals surface area (Å²) >= 11 is 1.08. The van der Waals surface area contributed by atoms with Crippen LogP contribution in [0.15, 0.2) is 6.20 Å². The molecule has 0 saturated carbocycles. The van der Waals surface area contributed by atoms with Gasteiger partial charge in [-0.05, 0) is 6.42 Å². The van der Waals surface area contributed by atoms with Crippen molar-refractivity contribution >= 4 is 28.5 Å². The number of nitrogens with zero attached hydrogens (tertiary/aromatic N) is 3. The van der Waals surface area contributed by atoms with Crippen LogP contribution in [-0.2, 0) is 4.79 Å². The van der Waals surface area contributed by atoms with E-state index in [-0.39, 0.29) is 12.6 Å². The lowest BCUT2D eigenvalue weighted by molar-refractivity contribution is -0.141. The number of amides is 2. The van der Waals surface area contributed by atoms with Crippen molar-refractivity contribution in [3.8, 4) is 0 Å². The van der Waals surface area contributed by atoms with Gasteiger partial charge in [0.05, 0.1) is 12.1 Å². The predicted molar refractivity (Wildman–Crippen MR) is 56.2 cm³/mol. The molecule has 1 saturated heterocycles. The number of hydrogen-bond donors (Lipinski definition) is 2. The molecule has 0 bridgehead atoms. The number of carbonyl (C=O) groups excluding carboxylic acids is 1. The molecule has 0 spiro atoms. The summed E-state index contributed by atoms with van der Waals surface area (Å²) in [6.45, 7) is 0.725. The summed E-state index contributed by atoms with van der Waals surface area (Å²) in [7, 11) is 0. The smallest absolute Gasteiger partial charge is 0.322 e. The number of hydrogen-bond acceptors (Lipinski definition) is 5. The molecule has 0 radical (unpaired) electrons. The van der Waals surface area contributed by atoms with Crippen LogP contribution in [0.4, 0.5) is 9.80 Å². The Balaban J connectivity index is 1.90. The summed E-state index contributed by atoms with van der Waals surface area (Å²) in [4.78, 5) is 23.8. The number of carbonyl (C=O) groups is 2. The van der Waals surface area contributed by atoms with Crippen LogP contribution >= 0.6 is 11.5 Å². The molecule has 2 N–H and O–H groups in total. The molecule has 1 atom stereocenters. The van der Waals surface area contributed by atoms with E-state index >= 15 is 0 Å². The molecule has 86 valence electrons. The van der Waals surface area contributed by atoms with Crippen LogP contribution in [0.1, 0.15) is 6.42 Å². The molecule has 2 amide bonds. The van der Waals surface area contributed by atoms with E-state index < -0.39 is 11.9 Å². The highest BCUT2D eigenvalue weighted by molar-refractivity contribution is 7.10. The second-order valence-electron chi connectivity index (χ2n) is 3.48. The topological polar surface area (TPSA) is 95.4 Å². The minimum absolute atomic E-state index is 0.257. The Kier molecular flexibility index (Phi) is 3.00. The van der Waals surface area contributed by atoms with Crippen LogP contribution in [0.5, 0.6) is 0 Å². The quantitative estimate of drug-likeness (QED) is 0.786. The first-order chi connectivity index (χ1) is 7.66. The Morgan fingerprint density at radius 3 is 3.00 bits per heavy atom. The number of nitrogens with one attached hydrogen (secondary N) is 1. The molecular formula is C8H10N4O3S. The van der Waals surface area contributed by atoms with Crippen LogP contribution in [-0.4, -0.2) is 44.7 Å². The van der Waals surface area contributed by atoms with E-state index in [1.54, 1.807) is 0 Å². The molecule has 0 aliphatic carbocycles. The van der Waals surface area contributed by atoms with Gasteiger partial charge in [-0.25, -0.2) is 4.79 Å². The summed E-state index contributed by atoms with van der Waals surface area (Å²) in [5, 5.41) is 15.5. The van der Waals surface area contributed by atoms with Gasteiger partial charge in [0.2, 0.25) is 0 Å². The van der Waals surface area contributed by atoms with E-state index in [2.05, 4.69) is 14.9 Å². The molecule has 2 heterocycles. The van der Waals surface area contributed by atoms with Gasteiger partial charge in [0, 0.05) is 24.6 Å². The number of aromatic nitrogens is 2. The number of anilines is 1. The summed E-state index contributed by atoms with van der Waals surface area (Å²) in [5.41, 5.74) is 0. The molecule has 1 aliphatic rings. The molecule has 1 unspecified atom stereocenters. The average Bonchev–Trinajstić information content (AvgIpc) is 2.86. The number of carboxylic acid groups (broad SMARTS) is 1. The first-order valence-corrected chi connectivity index (χ1v) is 5.50. The Bertz CT molecular complexity index is 394. The van der Waals surface area contributed by atoms with Crippen LogP contribution in [0, 0.1) is 5.92 Å². The summed E-state index contributed by atoms with van der Waals surface area (Å²) in [6, 6.07) is -0.296. The third-order valence-corrected chi connectivity index (χ3v) is 3.00. The molecule has 1 aliphatic heterocycles. The van der Waals surface area contributed by atoms with E-state index in [0.29, 0.717) is 18.0 Å². The maximum absolute atomic E-state index is 11.7. The molecule has 1 aromatic rings. The SMILES string of the molecule is O=C(O)C1CCN(C(=O)Nc2cnns2)C1. The largest absolute Gasteiger partial charge is 0.481 e. The van der Waals surface area contributed by atoms with Gasteiger partial charge in [-0.15, -0.1) is 5.10 Å². The van der Waals surface area contributed by atoms with Crippen molar-refractivity contribution in [2.45, 2.75) is 6.42 Å². The van der Waals surface area contributed by atoms with Gasteiger partial charge in [0.1, 0.15) is 5.00 Å². The van der Waals surface area contributed by atoms with E-state index in [1.807, 2.05) is 0 Å². The highest BCUT2D eigenvalue weighted by Crippen LogP contribution is 2.18. The molecular weight excluding hydrogens is 232 g/mol. The van der Waals surface area contributed by atoms with Crippen molar-refractivity contribution in [1.29, 1.82) is 0 Å². The molecule has 2 rings (SSSR count). The normalized spacial score (nSPS) is 19.8. The predicted octanol–water partition coefficient (Wildman–Crippen LogP) is 0.476. The lowest BCUT2D eigenvalue weighted by Gasteiger charge is -2.15. The first-order valence-electron chi connectivity index (χ1n) is 4.73. The maximum Gasteiger partial charge on any atom is 0.322 e. The van der Waals surface area contributed by atoms with Crippen molar-refractivity contribution in [2.24, 2.45) is 5.92 Å². The Hall–Kier alpha value is -1.70. The highest BCUT2D eigenvalue weighted by atomic mass is 32.1.